The maximum atomic E-state index is 12.4. The fourth-order valence-electron chi connectivity index (χ4n) is 3.00. The first-order valence-corrected chi connectivity index (χ1v) is 9.08. The second-order valence-corrected chi connectivity index (χ2v) is 6.69. The van der Waals surface area contributed by atoms with Gasteiger partial charge in [0.25, 0.3) is 5.91 Å². The van der Waals surface area contributed by atoms with Crippen LogP contribution in [0.25, 0.3) is 0 Å². The van der Waals surface area contributed by atoms with E-state index in [1.54, 1.807) is 54.5 Å². The average molecular weight is 405 g/mol. The first-order chi connectivity index (χ1) is 13.5. The second kappa shape index (κ2) is 8.84. The molecule has 1 heterocycles. The number of hydrogen-bond acceptors (Lipinski definition) is 5. The number of halogens is 1. The number of nitrogens with one attached hydrogen (secondary N) is 1. The van der Waals surface area contributed by atoms with Gasteiger partial charge in [-0.25, -0.2) is 0 Å². The summed E-state index contributed by atoms with van der Waals surface area (Å²) < 4.78 is 15.9. The highest BCUT2D eigenvalue weighted by Gasteiger charge is 2.32. The van der Waals surface area contributed by atoms with E-state index in [9.17, 15) is 9.59 Å². The molecule has 0 radical (unpaired) electrons. The van der Waals surface area contributed by atoms with Crippen LogP contribution in [0.4, 0.5) is 5.69 Å². The molecule has 1 aliphatic heterocycles. The number of rotatable bonds is 7. The van der Waals surface area contributed by atoms with Crippen molar-refractivity contribution in [3.63, 3.8) is 0 Å². The van der Waals surface area contributed by atoms with Gasteiger partial charge in [-0.05, 0) is 36.4 Å². The lowest BCUT2D eigenvalue weighted by Gasteiger charge is -2.19. The first-order valence-electron chi connectivity index (χ1n) is 8.70. The Morgan fingerprint density at radius 2 is 1.86 bits per heavy atom. The molecule has 0 aliphatic carbocycles. The van der Waals surface area contributed by atoms with Gasteiger partial charge in [0.2, 0.25) is 5.91 Å². The molecule has 2 aromatic carbocycles. The number of anilines is 1. The first kappa shape index (κ1) is 19.8. The monoisotopic (exact) mass is 404 g/mol. The number of carbonyl (C=O) groups excluding carboxylic acids is 2. The van der Waals surface area contributed by atoms with Gasteiger partial charge < -0.3 is 24.4 Å². The van der Waals surface area contributed by atoms with Crippen LogP contribution < -0.4 is 24.4 Å². The van der Waals surface area contributed by atoms with Crippen molar-refractivity contribution in [2.75, 3.05) is 32.3 Å². The molecule has 0 bridgehead atoms. The maximum Gasteiger partial charge on any atom is 0.258 e. The van der Waals surface area contributed by atoms with Crippen LogP contribution in [0.1, 0.15) is 6.42 Å². The largest absolute Gasteiger partial charge is 0.493 e. The standard InChI is InChI=1S/C20H21ClN2O5/c1-26-17-8-5-15(10-18(17)27-2)23-11-14(9-20(23)25)22-19(24)12-28-16-6-3-13(21)4-7-16/h3-8,10,14H,9,11-12H2,1-2H3,(H,22,24). The van der Waals surface area contributed by atoms with Crippen LogP contribution in [0.2, 0.25) is 5.02 Å². The third-order valence-electron chi connectivity index (χ3n) is 4.35. The van der Waals surface area contributed by atoms with E-state index in [0.29, 0.717) is 34.5 Å². The Hall–Kier alpha value is -2.93. The number of nitrogens with zero attached hydrogens (tertiary/aromatic N) is 1. The van der Waals surface area contributed by atoms with Crippen molar-refractivity contribution in [3.05, 3.63) is 47.5 Å². The zero-order valence-electron chi connectivity index (χ0n) is 15.6. The fourth-order valence-corrected chi connectivity index (χ4v) is 3.12. The molecule has 3 rings (SSSR count). The molecule has 7 nitrogen and oxygen atoms in total. The van der Waals surface area contributed by atoms with Crippen molar-refractivity contribution < 1.29 is 23.8 Å². The number of hydrogen-bond donors (Lipinski definition) is 1. The number of benzene rings is 2. The molecule has 2 aromatic rings. The summed E-state index contributed by atoms with van der Waals surface area (Å²) in [5.74, 6) is 1.31. The van der Waals surface area contributed by atoms with Crippen molar-refractivity contribution in [1.82, 2.24) is 5.32 Å². The summed E-state index contributed by atoms with van der Waals surface area (Å²) in [6.45, 7) is 0.240. The Morgan fingerprint density at radius 3 is 2.54 bits per heavy atom. The molecule has 1 unspecified atom stereocenters. The molecular weight excluding hydrogens is 384 g/mol. The molecule has 0 saturated carbocycles. The van der Waals surface area contributed by atoms with Gasteiger partial charge in [0.15, 0.2) is 18.1 Å². The summed E-state index contributed by atoms with van der Waals surface area (Å²) in [6, 6.07) is 11.7. The molecule has 2 amide bonds. The molecule has 1 saturated heterocycles. The smallest absolute Gasteiger partial charge is 0.258 e. The van der Waals surface area contributed by atoms with Crippen molar-refractivity contribution in [3.8, 4) is 17.2 Å². The van der Waals surface area contributed by atoms with Crippen molar-refractivity contribution in [2.24, 2.45) is 0 Å². The van der Waals surface area contributed by atoms with Crippen molar-refractivity contribution >= 4 is 29.1 Å². The summed E-state index contributed by atoms with van der Waals surface area (Å²) in [5.41, 5.74) is 0.691. The van der Waals surface area contributed by atoms with Gasteiger partial charge in [-0.15, -0.1) is 0 Å². The number of carbonyl (C=O) groups is 2. The lowest BCUT2D eigenvalue weighted by Crippen LogP contribution is -2.39. The number of methoxy groups -OCH3 is 2. The lowest BCUT2D eigenvalue weighted by atomic mass is 10.2. The molecule has 8 heteroatoms. The van der Waals surface area contributed by atoms with Gasteiger partial charge in [0, 0.05) is 29.7 Å². The summed E-state index contributed by atoms with van der Waals surface area (Å²) in [6.07, 6.45) is 0.223. The van der Waals surface area contributed by atoms with E-state index in [-0.39, 0.29) is 30.9 Å². The predicted octanol–water partition coefficient (Wildman–Crippen LogP) is 2.66. The van der Waals surface area contributed by atoms with E-state index in [1.807, 2.05) is 0 Å². The van der Waals surface area contributed by atoms with Crippen LogP contribution in [0.15, 0.2) is 42.5 Å². The minimum atomic E-state index is -0.290. The van der Waals surface area contributed by atoms with Gasteiger partial charge in [0.05, 0.1) is 20.3 Å². The molecule has 0 spiro atoms. The molecule has 1 fully saturated rings. The number of amides is 2. The van der Waals surface area contributed by atoms with Crippen LogP contribution in [0, 0.1) is 0 Å². The minimum Gasteiger partial charge on any atom is -0.493 e. The normalized spacial score (nSPS) is 16.0. The van der Waals surface area contributed by atoms with Crippen molar-refractivity contribution in [1.29, 1.82) is 0 Å². The van der Waals surface area contributed by atoms with Crippen LogP contribution in [0.5, 0.6) is 17.2 Å². The summed E-state index contributed by atoms with van der Waals surface area (Å²) >= 11 is 5.82. The maximum absolute atomic E-state index is 12.4. The summed E-state index contributed by atoms with van der Waals surface area (Å²) in [4.78, 5) is 26.2. The molecule has 148 valence electrons. The SMILES string of the molecule is COc1ccc(N2CC(NC(=O)COc3ccc(Cl)cc3)CC2=O)cc1OC. The molecule has 28 heavy (non-hydrogen) atoms. The van der Waals surface area contributed by atoms with E-state index in [4.69, 9.17) is 25.8 Å². The molecule has 0 aromatic heterocycles. The molecule has 1 N–H and O–H groups in total. The van der Waals surface area contributed by atoms with Crippen LogP contribution in [-0.4, -0.2) is 45.2 Å². The van der Waals surface area contributed by atoms with E-state index in [2.05, 4.69) is 5.32 Å². The van der Waals surface area contributed by atoms with Gasteiger partial charge in [0.1, 0.15) is 5.75 Å². The van der Waals surface area contributed by atoms with E-state index < -0.39 is 0 Å². The minimum absolute atomic E-state index is 0.0730. The quantitative estimate of drug-likeness (QED) is 0.767. The molecule has 1 atom stereocenters. The predicted molar refractivity (Wildman–Crippen MR) is 105 cm³/mol. The second-order valence-electron chi connectivity index (χ2n) is 6.25. The Labute approximate surface area is 168 Å². The molecule has 1 aliphatic rings. The fraction of sp³-hybridized carbons (Fsp3) is 0.300. The third-order valence-corrected chi connectivity index (χ3v) is 4.60. The highest BCUT2D eigenvalue weighted by atomic mass is 35.5. The molecular formula is C20H21ClN2O5. The Morgan fingerprint density at radius 1 is 1.14 bits per heavy atom. The average Bonchev–Trinajstić information content (AvgIpc) is 3.06. The highest BCUT2D eigenvalue weighted by Crippen LogP contribution is 2.33. The zero-order chi connectivity index (χ0) is 20.1. The zero-order valence-corrected chi connectivity index (χ0v) is 16.4. The van der Waals surface area contributed by atoms with Crippen LogP contribution in [0.3, 0.4) is 0 Å². The number of ether oxygens (including phenoxy) is 3. The van der Waals surface area contributed by atoms with E-state index in [1.165, 1.54) is 7.11 Å². The van der Waals surface area contributed by atoms with Gasteiger partial charge in [-0.1, -0.05) is 11.6 Å². The Bertz CT molecular complexity index is 856. The van der Waals surface area contributed by atoms with E-state index in [0.717, 1.165) is 0 Å². The lowest BCUT2D eigenvalue weighted by molar-refractivity contribution is -0.123. The summed E-state index contributed by atoms with van der Waals surface area (Å²) in [7, 11) is 3.09. The van der Waals surface area contributed by atoms with Crippen LogP contribution >= 0.6 is 11.6 Å². The Kier molecular flexibility index (Phi) is 6.26. The van der Waals surface area contributed by atoms with E-state index >= 15 is 0 Å². The van der Waals surface area contributed by atoms with Gasteiger partial charge in [-0.3, -0.25) is 9.59 Å². The van der Waals surface area contributed by atoms with Gasteiger partial charge >= 0.3 is 0 Å². The third kappa shape index (κ3) is 4.67. The van der Waals surface area contributed by atoms with Crippen LogP contribution in [-0.2, 0) is 9.59 Å². The van der Waals surface area contributed by atoms with Crippen molar-refractivity contribution in [2.45, 2.75) is 12.5 Å². The van der Waals surface area contributed by atoms with Gasteiger partial charge in [-0.2, -0.15) is 0 Å². The summed E-state index contributed by atoms with van der Waals surface area (Å²) in [5, 5.41) is 3.43. The topological polar surface area (TPSA) is 77.1 Å². The Balaban J connectivity index is 1.56. The highest BCUT2D eigenvalue weighted by molar-refractivity contribution is 6.30.